The van der Waals surface area contributed by atoms with Crippen molar-refractivity contribution >= 4 is 10.0 Å². The maximum atomic E-state index is 13.1. The van der Waals surface area contributed by atoms with Crippen LogP contribution in [0.3, 0.4) is 0 Å². The third kappa shape index (κ3) is 2.46. The molecule has 24 heavy (non-hydrogen) atoms. The zero-order chi connectivity index (χ0) is 16.9. The normalized spacial score (nSPS) is 27.9. The van der Waals surface area contributed by atoms with Crippen molar-refractivity contribution in [1.29, 1.82) is 0 Å². The van der Waals surface area contributed by atoms with Crippen molar-refractivity contribution in [3.63, 3.8) is 0 Å². The Balaban J connectivity index is 1.60. The fourth-order valence-electron chi connectivity index (χ4n) is 3.94. The number of hydrogen-bond acceptors (Lipinski definition) is 5. The Bertz CT molecular complexity index is 799. The standard InChI is InChI=1S/C15H22N6O2S/c1-11(2)19-9-15(16-10-19)24(22,23)20-12-3-4-13(20)8-14(7-12)21-17-5-6-18-21/h5-6,9-14H,3-4,7-8H2,1-2H3. The van der Waals surface area contributed by atoms with Gasteiger partial charge in [0.15, 0.2) is 5.03 Å². The lowest BCUT2D eigenvalue weighted by Crippen LogP contribution is -2.47. The molecule has 2 aliphatic heterocycles. The molecule has 2 aliphatic rings. The van der Waals surface area contributed by atoms with Crippen LogP contribution in [0.2, 0.25) is 0 Å². The molecule has 0 aliphatic carbocycles. The summed E-state index contributed by atoms with van der Waals surface area (Å²) in [6.07, 6.45) is 9.89. The van der Waals surface area contributed by atoms with E-state index < -0.39 is 10.0 Å². The van der Waals surface area contributed by atoms with E-state index in [0.717, 1.165) is 25.7 Å². The monoisotopic (exact) mass is 350 g/mol. The van der Waals surface area contributed by atoms with Gasteiger partial charge in [-0.05, 0) is 39.5 Å². The number of aromatic nitrogens is 5. The van der Waals surface area contributed by atoms with Gasteiger partial charge < -0.3 is 4.57 Å². The van der Waals surface area contributed by atoms with Crippen LogP contribution in [0.4, 0.5) is 0 Å². The average Bonchev–Trinajstić information content (AvgIpc) is 3.26. The number of piperidine rings is 1. The SMILES string of the molecule is CC(C)n1cnc(S(=O)(=O)N2C3CCC2CC(n2nccn2)C3)c1. The Labute approximate surface area is 141 Å². The van der Waals surface area contributed by atoms with Crippen LogP contribution in [0.25, 0.3) is 0 Å². The van der Waals surface area contributed by atoms with Crippen LogP contribution in [0, 0.1) is 0 Å². The van der Waals surface area contributed by atoms with Gasteiger partial charge in [0.2, 0.25) is 0 Å². The zero-order valence-electron chi connectivity index (χ0n) is 13.9. The van der Waals surface area contributed by atoms with Gasteiger partial charge in [-0.25, -0.2) is 13.4 Å². The van der Waals surface area contributed by atoms with E-state index >= 15 is 0 Å². The summed E-state index contributed by atoms with van der Waals surface area (Å²) in [5.74, 6) is 0. The number of sulfonamides is 1. The first-order valence-electron chi connectivity index (χ1n) is 8.39. The maximum absolute atomic E-state index is 13.1. The van der Waals surface area contributed by atoms with Crippen LogP contribution < -0.4 is 0 Å². The lowest BCUT2D eigenvalue weighted by atomic mass is 10.0. The molecule has 0 amide bonds. The summed E-state index contributed by atoms with van der Waals surface area (Å²) in [5.41, 5.74) is 0. The molecule has 2 fully saturated rings. The van der Waals surface area contributed by atoms with E-state index in [1.54, 1.807) is 34.0 Å². The summed E-state index contributed by atoms with van der Waals surface area (Å²) in [6.45, 7) is 4.01. The van der Waals surface area contributed by atoms with E-state index in [1.807, 2.05) is 18.4 Å². The molecule has 2 saturated heterocycles. The van der Waals surface area contributed by atoms with E-state index in [-0.39, 0.29) is 29.2 Å². The van der Waals surface area contributed by atoms with E-state index in [0.29, 0.717) is 0 Å². The van der Waals surface area contributed by atoms with Crippen molar-refractivity contribution in [2.75, 3.05) is 0 Å². The molecule has 2 unspecified atom stereocenters. The van der Waals surface area contributed by atoms with Gasteiger partial charge in [-0.15, -0.1) is 0 Å². The molecule has 0 N–H and O–H groups in total. The maximum Gasteiger partial charge on any atom is 0.262 e. The van der Waals surface area contributed by atoms with E-state index in [1.165, 1.54) is 0 Å². The lowest BCUT2D eigenvalue weighted by molar-refractivity contribution is 0.174. The molecule has 2 aromatic heterocycles. The van der Waals surface area contributed by atoms with Crippen LogP contribution in [-0.4, -0.2) is 49.4 Å². The predicted molar refractivity (Wildman–Crippen MR) is 86.7 cm³/mol. The molecular weight excluding hydrogens is 328 g/mol. The van der Waals surface area contributed by atoms with Gasteiger partial charge in [0.25, 0.3) is 10.0 Å². The molecule has 130 valence electrons. The summed E-state index contributed by atoms with van der Waals surface area (Å²) < 4.78 is 29.7. The summed E-state index contributed by atoms with van der Waals surface area (Å²) >= 11 is 0. The largest absolute Gasteiger partial charge is 0.334 e. The molecule has 8 nitrogen and oxygen atoms in total. The minimum atomic E-state index is -3.55. The molecular formula is C15H22N6O2S. The summed E-state index contributed by atoms with van der Waals surface area (Å²) in [6, 6.07) is 0.384. The molecule has 2 atom stereocenters. The molecule has 9 heteroatoms. The Morgan fingerprint density at radius 3 is 2.25 bits per heavy atom. The van der Waals surface area contributed by atoms with E-state index in [4.69, 9.17) is 0 Å². The van der Waals surface area contributed by atoms with Gasteiger partial charge in [-0.3, -0.25) is 0 Å². The van der Waals surface area contributed by atoms with E-state index in [9.17, 15) is 8.42 Å². The Morgan fingerprint density at radius 2 is 1.71 bits per heavy atom. The molecule has 0 saturated carbocycles. The second-order valence-corrected chi connectivity index (χ2v) is 8.74. The second-order valence-electron chi connectivity index (χ2n) is 6.95. The van der Waals surface area contributed by atoms with Crippen LogP contribution in [0.1, 0.15) is 51.6 Å². The van der Waals surface area contributed by atoms with Gasteiger partial charge in [0, 0.05) is 24.3 Å². The highest BCUT2D eigenvalue weighted by atomic mass is 32.2. The molecule has 2 aromatic rings. The summed E-state index contributed by atoms with van der Waals surface area (Å²) in [5, 5.41) is 8.61. The Kier molecular flexibility index (Phi) is 3.72. The van der Waals surface area contributed by atoms with Gasteiger partial charge >= 0.3 is 0 Å². The van der Waals surface area contributed by atoms with Crippen LogP contribution in [0.5, 0.6) is 0 Å². The number of rotatable bonds is 4. The van der Waals surface area contributed by atoms with Crippen molar-refractivity contribution in [2.45, 2.75) is 68.7 Å². The first-order valence-corrected chi connectivity index (χ1v) is 9.83. The highest BCUT2D eigenvalue weighted by Gasteiger charge is 2.48. The minimum Gasteiger partial charge on any atom is -0.334 e. The molecule has 0 spiro atoms. The highest BCUT2D eigenvalue weighted by Crippen LogP contribution is 2.43. The first-order chi connectivity index (χ1) is 11.5. The third-order valence-corrected chi connectivity index (χ3v) is 7.01. The number of fused-ring (bicyclic) bond motifs is 2. The van der Waals surface area contributed by atoms with Crippen molar-refractivity contribution < 1.29 is 8.42 Å². The lowest BCUT2D eigenvalue weighted by Gasteiger charge is -2.36. The average molecular weight is 350 g/mol. The smallest absolute Gasteiger partial charge is 0.262 e. The fraction of sp³-hybridized carbons (Fsp3) is 0.667. The highest BCUT2D eigenvalue weighted by molar-refractivity contribution is 7.89. The number of nitrogens with zero attached hydrogens (tertiary/aromatic N) is 6. The topological polar surface area (TPSA) is 85.9 Å². The molecule has 0 radical (unpaired) electrons. The predicted octanol–water partition coefficient (Wildman–Crippen LogP) is 1.61. The Morgan fingerprint density at radius 1 is 1.08 bits per heavy atom. The quantitative estimate of drug-likeness (QED) is 0.836. The van der Waals surface area contributed by atoms with Crippen molar-refractivity contribution in [3.05, 3.63) is 24.9 Å². The van der Waals surface area contributed by atoms with Crippen molar-refractivity contribution in [2.24, 2.45) is 0 Å². The van der Waals surface area contributed by atoms with Gasteiger partial charge in [-0.2, -0.15) is 19.3 Å². The van der Waals surface area contributed by atoms with E-state index in [2.05, 4.69) is 15.2 Å². The van der Waals surface area contributed by atoms with Crippen LogP contribution >= 0.6 is 0 Å². The molecule has 4 heterocycles. The van der Waals surface area contributed by atoms with Gasteiger partial charge in [-0.1, -0.05) is 0 Å². The van der Waals surface area contributed by atoms with Gasteiger partial charge in [0.1, 0.15) is 0 Å². The zero-order valence-corrected chi connectivity index (χ0v) is 14.7. The fourth-order valence-corrected chi connectivity index (χ4v) is 5.76. The number of imidazole rings is 1. The minimum absolute atomic E-state index is 0.00829. The molecule has 4 rings (SSSR count). The van der Waals surface area contributed by atoms with Gasteiger partial charge in [0.05, 0.1) is 24.8 Å². The second kappa shape index (κ2) is 5.66. The van der Waals surface area contributed by atoms with Crippen LogP contribution in [-0.2, 0) is 10.0 Å². The van der Waals surface area contributed by atoms with Crippen molar-refractivity contribution in [1.82, 2.24) is 28.9 Å². The van der Waals surface area contributed by atoms with Crippen LogP contribution in [0.15, 0.2) is 29.9 Å². The first kappa shape index (κ1) is 15.8. The van der Waals surface area contributed by atoms with Crippen molar-refractivity contribution in [3.8, 4) is 0 Å². The summed E-state index contributed by atoms with van der Waals surface area (Å²) in [4.78, 5) is 5.88. The third-order valence-electron chi connectivity index (χ3n) is 5.12. The number of hydrogen-bond donors (Lipinski definition) is 0. The summed E-state index contributed by atoms with van der Waals surface area (Å²) in [7, 11) is -3.55. The molecule has 2 bridgehead atoms. The molecule has 0 aromatic carbocycles. The Hall–Kier alpha value is -1.74.